The molecular weight excluding hydrogens is 664 g/mol. The van der Waals surface area contributed by atoms with Crippen LogP contribution < -0.4 is 10.2 Å². The van der Waals surface area contributed by atoms with Gasteiger partial charge in [0.2, 0.25) is 0 Å². The summed E-state index contributed by atoms with van der Waals surface area (Å²) in [5.74, 6) is -1.54. The molecule has 1 amide bonds. The summed E-state index contributed by atoms with van der Waals surface area (Å²) in [6.45, 7) is 2.13. The normalized spacial score (nSPS) is 16.4. The van der Waals surface area contributed by atoms with Crippen LogP contribution in [-0.2, 0) is 40.4 Å². The number of amides is 1. The first-order chi connectivity index (χ1) is 21.7. The summed E-state index contributed by atoms with van der Waals surface area (Å²) in [6.07, 6.45) is -5.39. The predicted molar refractivity (Wildman–Crippen MR) is 156 cm³/mol. The molecule has 1 aromatic heterocycles. The van der Waals surface area contributed by atoms with Crippen molar-refractivity contribution in [2.24, 2.45) is 0 Å². The average Bonchev–Trinajstić information content (AvgIpc) is 3.09. The summed E-state index contributed by atoms with van der Waals surface area (Å²) in [5, 5.41) is 2.22. The third-order valence-electron chi connectivity index (χ3n) is 7.15. The van der Waals surface area contributed by atoms with Crippen molar-refractivity contribution in [3.63, 3.8) is 0 Å². The Morgan fingerprint density at radius 1 is 1.02 bits per heavy atom. The van der Waals surface area contributed by atoms with E-state index in [-0.39, 0.29) is 28.5 Å². The number of rotatable bonds is 7. The second kappa shape index (κ2) is 13.3. The number of ether oxygens (including phenoxy) is 1. The molecule has 0 saturated carbocycles. The van der Waals surface area contributed by atoms with Gasteiger partial charge in [-0.05, 0) is 69.5 Å². The molecule has 17 heteroatoms. The lowest BCUT2D eigenvalue weighted by Gasteiger charge is -2.34. The Hall–Kier alpha value is -3.99. The molecule has 0 fully saturated rings. The molecule has 0 radical (unpaired) electrons. The number of hydrogen-bond acceptors (Lipinski definition) is 6. The minimum Gasteiger partial charge on any atom is -0.444 e. The summed E-state index contributed by atoms with van der Waals surface area (Å²) >= 11 is 0. The average molecular weight is 695 g/mol. The number of benzene rings is 2. The van der Waals surface area contributed by atoms with E-state index in [1.165, 1.54) is 23.1 Å². The lowest BCUT2D eigenvalue weighted by Crippen LogP contribution is -2.47. The van der Waals surface area contributed by atoms with Gasteiger partial charge in [-0.1, -0.05) is 18.2 Å². The van der Waals surface area contributed by atoms with E-state index in [0.717, 1.165) is 30.5 Å². The van der Waals surface area contributed by atoms with Crippen LogP contribution in [0.25, 0.3) is 0 Å². The van der Waals surface area contributed by atoms with Crippen molar-refractivity contribution in [3.05, 3.63) is 88.7 Å². The van der Waals surface area contributed by atoms with Gasteiger partial charge in [0.05, 0.1) is 29.7 Å². The van der Waals surface area contributed by atoms with Gasteiger partial charge >= 0.3 is 27.8 Å². The molecule has 1 aliphatic rings. The number of fused-ring (bicyclic) bond motifs is 1. The van der Waals surface area contributed by atoms with Crippen molar-refractivity contribution in [2.45, 2.75) is 70.0 Å². The van der Waals surface area contributed by atoms with Gasteiger partial charge in [-0.2, -0.15) is 30.6 Å². The Balaban J connectivity index is 1.83. The van der Waals surface area contributed by atoms with Gasteiger partial charge in [-0.25, -0.2) is 22.0 Å². The van der Waals surface area contributed by atoms with E-state index in [9.17, 15) is 48.3 Å². The predicted octanol–water partition coefficient (Wildman–Crippen LogP) is 7.40. The van der Waals surface area contributed by atoms with Crippen LogP contribution >= 0.6 is 0 Å². The first kappa shape index (κ1) is 35.9. The monoisotopic (exact) mass is 694 g/mol. The van der Waals surface area contributed by atoms with Gasteiger partial charge in [0.15, 0.2) is 5.82 Å². The number of nitrogens with zero attached hydrogens (tertiary/aromatic N) is 3. The molecule has 1 N–H and O–H groups in total. The molecule has 1 aliphatic heterocycles. The SMILES string of the molecule is CC(C)(C)OC(=O)Nc1cc(CN2c3cccc(C(F)(F)F)c3CN(S(=O)(=O)C(F)(F)F)CC2CCc2ccc(F)cc2)ncc1F. The summed E-state index contributed by atoms with van der Waals surface area (Å²) in [5.41, 5.74) is -8.97. The van der Waals surface area contributed by atoms with Gasteiger partial charge in [0.25, 0.3) is 0 Å². The summed E-state index contributed by atoms with van der Waals surface area (Å²) in [4.78, 5) is 17.6. The maximum atomic E-state index is 14.7. The van der Waals surface area contributed by atoms with Crippen molar-refractivity contribution >= 4 is 27.5 Å². The van der Waals surface area contributed by atoms with E-state index in [0.29, 0.717) is 11.6 Å². The van der Waals surface area contributed by atoms with Crippen LogP contribution in [-0.4, -0.2) is 47.5 Å². The highest BCUT2D eigenvalue weighted by atomic mass is 32.2. The van der Waals surface area contributed by atoms with E-state index < -0.39 is 87.5 Å². The van der Waals surface area contributed by atoms with E-state index in [1.54, 1.807) is 20.8 Å². The molecule has 47 heavy (non-hydrogen) atoms. The highest BCUT2D eigenvalue weighted by Crippen LogP contribution is 2.42. The number of aryl methyl sites for hydroxylation is 1. The second-order valence-electron chi connectivity index (χ2n) is 11.8. The molecule has 4 rings (SSSR count). The van der Waals surface area contributed by atoms with Crippen molar-refractivity contribution in [3.8, 4) is 0 Å². The third kappa shape index (κ3) is 8.68. The van der Waals surface area contributed by atoms with Crippen LogP contribution in [0, 0.1) is 11.6 Å². The number of alkyl halides is 6. The fourth-order valence-electron chi connectivity index (χ4n) is 5.07. The lowest BCUT2D eigenvalue weighted by molar-refractivity contribution is -0.138. The molecule has 8 nitrogen and oxygen atoms in total. The van der Waals surface area contributed by atoms with E-state index in [1.807, 2.05) is 0 Å². The quantitative estimate of drug-likeness (QED) is 0.260. The first-order valence-corrected chi connectivity index (χ1v) is 15.5. The molecule has 0 bridgehead atoms. The fourth-order valence-corrected chi connectivity index (χ4v) is 6.03. The van der Waals surface area contributed by atoms with E-state index in [4.69, 9.17) is 4.74 Å². The molecule has 3 aromatic rings. The van der Waals surface area contributed by atoms with Crippen LogP contribution in [0.3, 0.4) is 0 Å². The van der Waals surface area contributed by atoms with E-state index in [2.05, 4.69) is 10.3 Å². The molecule has 0 spiro atoms. The highest BCUT2D eigenvalue weighted by molar-refractivity contribution is 7.89. The van der Waals surface area contributed by atoms with Gasteiger partial charge in [-0.3, -0.25) is 10.3 Å². The Kier molecular flexibility index (Phi) is 10.1. The van der Waals surface area contributed by atoms with Crippen molar-refractivity contribution in [1.82, 2.24) is 9.29 Å². The number of sulfonamides is 1. The maximum Gasteiger partial charge on any atom is 0.511 e. The van der Waals surface area contributed by atoms with Crippen LogP contribution in [0.1, 0.15) is 49.6 Å². The van der Waals surface area contributed by atoms with E-state index >= 15 is 0 Å². The summed E-state index contributed by atoms with van der Waals surface area (Å²) in [6, 6.07) is 7.87. The minimum atomic E-state index is -6.12. The zero-order chi connectivity index (χ0) is 34.9. The number of pyridine rings is 1. The largest absolute Gasteiger partial charge is 0.511 e. The van der Waals surface area contributed by atoms with Crippen LogP contribution in [0.2, 0.25) is 0 Å². The van der Waals surface area contributed by atoms with Crippen LogP contribution in [0.15, 0.2) is 54.7 Å². The number of halogens is 8. The van der Waals surface area contributed by atoms with Crippen LogP contribution in [0.4, 0.5) is 51.3 Å². The highest BCUT2D eigenvalue weighted by Gasteiger charge is 2.52. The Labute approximate surface area is 265 Å². The van der Waals surface area contributed by atoms with Gasteiger partial charge in [0, 0.05) is 30.4 Å². The van der Waals surface area contributed by atoms with Crippen molar-refractivity contribution in [2.75, 3.05) is 16.8 Å². The fraction of sp³-hybridized carbons (Fsp3) is 0.400. The maximum absolute atomic E-state index is 14.7. The smallest absolute Gasteiger partial charge is 0.444 e. The number of anilines is 2. The Morgan fingerprint density at radius 3 is 2.28 bits per heavy atom. The van der Waals surface area contributed by atoms with Crippen molar-refractivity contribution < 1.29 is 53.1 Å². The molecular formula is C30H30F8N4O4S. The molecule has 2 aromatic carbocycles. The molecule has 2 heterocycles. The lowest BCUT2D eigenvalue weighted by atomic mass is 10.0. The number of hydrogen-bond donors (Lipinski definition) is 1. The van der Waals surface area contributed by atoms with Crippen LogP contribution in [0.5, 0.6) is 0 Å². The second-order valence-corrected chi connectivity index (χ2v) is 13.7. The summed E-state index contributed by atoms with van der Waals surface area (Å²) in [7, 11) is -6.12. The molecule has 1 unspecified atom stereocenters. The molecule has 1 atom stereocenters. The molecule has 0 saturated heterocycles. The topological polar surface area (TPSA) is 91.8 Å². The standard InChI is InChI=1S/C30H30F8N4O4S/c1-28(2,3)46-27(43)40-25-13-20(39-14-24(25)32)15-42-21(12-9-18-7-10-19(31)11-8-18)16-41(47(44,45)30(36,37)38)17-22-23(29(33,34)35)5-4-6-26(22)42/h4-8,10-11,13-14,21H,9,12,15-17H2,1-3H3,(H,39,40,43). The number of nitrogens with one attached hydrogen (secondary N) is 1. The molecule has 256 valence electrons. The van der Waals surface area contributed by atoms with Crippen molar-refractivity contribution in [1.29, 1.82) is 0 Å². The zero-order valence-electron chi connectivity index (χ0n) is 25.2. The Bertz CT molecular complexity index is 1710. The van der Waals surface area contributed by atoms with Gasteiger partial charge in [-0.15, -0.1) is 0 Å². The number of carbonyl (C=O) groups excluding carboxylic acids is 1. The summed E-state index contributed by atoms with van der Waals surface area (Å²) < 4.78 is 143. The van der Waals surface area contributed by atoms with Gasteiger partial charge in [0.1, 0.15) is 11.4 Å². The van der Waals surface area contributed by atoms with Gasteiger partial charge < -0.3 is 9.64 Å². The number of aromatic nitrogens is 1. The zero-order valence-corrected chi connectivity index (χ0v) is 26.0. The molecule has 0 aliphatic carbocycles. The minimum absolute atomic E-state index is 0.0280. The third-order valence-corrected chi connectivity index (χ3v) is 8.69. The Morgan fingerprint density at radius 2 is 1.68 bits per heavy atom. The first-order valence-electron chi connectivity index (χ1n) is 14.1. The number of carbonyl (C=O) groups is 1.